The molecule has 2 aromatic carbocycles. The molecule has 33 heavy (non-hydrogen) atoms. The van der Waals surface area contributed by atoms with Crippen molar-refractivity contribution >= 4 is 11.8 Å². The van der Waals surface area contributed by atoms with E-state index in [1.54, 1.807) is 12.4 Å². The lowest BCUT2D eigenvalue weighted by Crippen LogP contribution is -2.21. The molecule has 0 saturated heterocycles. The largest absolute Gasteiger partial charge is 0.490 e. The Hall–Kier alpha value is -3.16. The lowest BCUT2D eigenvalue weighted by Gasteiger charge is -2.17. The van der Waals surface area contributed by atoms with Crippen molar-refractivity contribution in [3.8, 4) is 17.1 Å². The molecule has 1 atom stereocenters. The smallest absolute Gasteiger partial charge is 0.191 e. The third kappa shape index (κ3) is 5.61. The van der Waals surface area contributed by atoms with Crippen LogP contribution in [0.15, 0.2) is 72.1 Å². The van der Waals surface area contributed by atoms with Crippen LogP contribution < -0.4 is 4.74 Å². The minimum Gasteiger partial charge on any atom is -0.490 e. The van der Waals surface area contributed by atoms with E-state index in [2.05, 4.69) is 44.9 Å². The normalized spacial score (nSPS) is 12.0. The fourth-order valence-electron chi connectivity index (χ4n) is 3.56. The molecule has 2 aromatic heterocycles. The van der Waals surface area contributed by atoms with Crippen molar-refractivity contribution in [2.24, 2.45) is 0 Å². The third-order valence-corrected chi connectivity index (χ3v) is 6.63. The van der Waals surface area contributed by atoms with Gasteiger partial charge in [-0.2, -0.15) is 0 Å². The molecular formula is C26H28N4O2S. The second-order valence-electron chi connectivity index (χ2n) is 8.05. The van der Waals surface area contributed by atoms with Crippen molar-refractivity contribution in [2.75, 3.05) is 12.4 Å². The molecule has 0 fully saturated rings. The van der Waals surface area contributed by atoms with Gasteiger partial charge < -0.3 is 9.84 Å². The molecule has 4 aromatic rings. The molecular weight excluding hydrogens is 432 g/mol. The van der Waals surface area contributed by atoms with E-state index in [9.17, 15) is 5.11 Å². The number of thioether (sulfide) groups is 1. The molecule has 0 spiro atoms. The number of hydrogen-bond acceptors (Lipinski definition) is 6. The van der Waals surface area contributed by atoms with Crippen molar-refractivity contribution in [3.05, 3.63) is 89.2 Å². The van der Waals surface area contributed by atoms with E-state index in [-0.39, 0.29) is 6.61 Å². The van der Waals surface area contributed by atoms with E-state index in [0.29, 0.717) is 12.3 Å². The van der Waals surface area contributed by atoms with Gasteiger partial charge in [0, 0.05) is 23.7 Å². The molecule has 0 aliphatic carbocycles. The van der Waals surface area contributed by atoms with Crippen LogP contribution >= 0.6 is 11.8 Å². The lowest BCUT2D eigenvalue weighted by molar-refractivity contribution is 0.125. The van der Waals surface area contributed by atoms with Gasteiger partial charge in [-0.15, -0.1) is 10.2 Å². The van der Waals surface area contributed by atoms with Crippen LogP contribution in [0.2, 0.25) is 0 Å². The van der Waals surface area contributed by atoms with Crippen LogP contribution in [0.3, 0.4) is 0 Å². The maximum atomic E-state index is 10.6. The molecule has 0 aliphatic heterocycles. The first-order valence-electron chi connectivity index (χ1n) is 10.9. The van der Waals surface area contributed by atoms with Crippen molar-refractivity contribution in [1.82, 2.24) is 19.7 Å². The Morgan fingerprint density at radius 1 is 0.970 bits per heavy atom. The van der Waals surface area contributed by atoms with Crippen LogP contribution in [0.1, 0.15) is 22.3 Å². The summed E-state index contributed by atoms with van der Waals surface area (Å²) in [5.74, 6) is 2.06. The zero-order valence-electron chi connectivity index (χ0n) is 19.1. The first kappa shape index (κ1) is 23.0. The zero-order chi connectivity index (χ0) is 23.2. The highest BCUT2D eigenvalue weighted by molar-refractivity contribution is 7.99. The van der Waals surface area contributed by atoms with Gasteiger partial charge in [-0.05, 0) is 55.2 Å². The number of aliphatic hydroxyl groups excluding tert-OH is 1. The molecule has 0 radical (unpaired) electrons. The van der Waals surface area contributed by atoms with Gasteiger partial charge in [0.15, 0.2) is 11.0 Å². The number of benzene rings is 2. The minimum atomic E-state index is -0.641. The van der Waals surface area contributed by atoms with Crippen LogP contribution in [0.5, 0.6) is 5.75 Å². The van der Waals surface area contributed by atoms with Gasteiger partial charge in [-0.3, -0.25) is 9.55 Å². The summed E-state index contributed by atoms with van der Waals surface area (Å²) in [6.45, 7) is 6.99. The summed E-state index contributed by atoms with van der Waals surface area (Å²) in [6.07, 6.45) is 2.89. The van der Waals surface area contributed by atoms with Gasteiger partial charge in [0.1, 0.15) is 12.4 Å². The molecule has 1 N–H and O–H groups in total. The summed E-state index contributed by atoms with van der Waals surface area (Å²) in [5.41, 5.74) is 5.41. The minimum absolute atomic E-state index is 0.223. The average molecular weight is 461 g/mol. The topological polar surface area (TPSA) is 73.1 Å². The van der Waals surface area contributed by atoms with Gasteiger partial charge in [0.2, 0.25) is 0 Å². The van der Waals surface area contributed by atoms with Gasteiger partial charge in [-0.1, -0.05) is 54.2 Å². The molecule has 0 amide bonds. The molecule has 0 saturated carbocycles. The highest BCUT2D eigenvalue weighted by Gasteiger charge is 2.17. The van der Waals surface area contributed by atoms with Gasteiger partial charge >= 0.3 is 0 Å². The molecule has 7 heteroatoms. The van der Waals surface area contributed by atoms with Gasteiger partial charge in [0.25, 0.3) is 0 Å². The first-order valence-corrected chi connectivity index (χ1v) is 11.9. The fourth-order valence-corrected chi connectivity index (χ4v) is 4.40. The van der Waals surface area contributed by atoms with Gasteiger partial charge in [0.05, 0.1) is 12.6 Å². The quantitative estimate of drug-likeness (QED) is 0.360. The lowest BCUT2D eigenvalue weighted by atomic mass is 10.1. The number of hydrogen-bond donors (Lipinski definition) is 1. The molecule has 4 rings (SSSR count). The summed E-state index contributed by atoms with van der Waals surface area (Å²) >= 11 is 1.48. The summed E-state index contributed by atoms with van der Waals surface area (Å²) < 4.78 is 8.05. The zero-order valence-corrected chi connectivity index (χ0v) is 19.9. The maximum absolute atomic E-state index is 10.6. The SMILES string of the molecule is Cc1ccc(C)c(OCC(O)CSc2nnc(-c3cccnc3)n2Cc2ccccc2)c1C. The third-order valence-electron chi connectivity index (χ3n) is 5.52. The predicted octanol–water partition coefficient (Wildman–Crippen LogP) is 4.85. The average Bonchev–Trinajstić information content (AvgIpc) is 3.23. The van der Waals surface area contributed by atoms with Crippen LogP contribution in [0.4, 0.5) is 0 Å². The second-order valence-corrected chi connectivity index (χ2v) is 9.04. The number of nitrogens with zero attached hydrogens (tertiary/aromatic N) is 4. The van der Waals surface area contributed by atoms with Crippen molar-refractivity contribution in [1.29, 1.82) is 0 Å². The van der Waals surface area contributed by atoms with Gasteiger partial charge in [-0.25, -0.2) is 0 Å². The van der Waals surface area contributed by atoms with Crippen LogP contribution in [0, 0.1) is 20.8 Å². The Morgan fingerprint density at radius 3 is 2.52 bits per heavy atom. The number of aliphatic hydroxyl groups is 1. The standard InChI is InChI=1S/C26H28N4O2S/c1-18-11-12-19(2)24(20(18)3)32-16-23(31)17-33-26-29-28-25(22-10-7-13-27-14-22)30(26)15-21-8-5-4-6-9-21/h4-14,23,31H,15-17H2,1-3H3. The number of rotatable bonds is 9. The highest BCUT2D eigenvalue weighted by Crippen LogP contribution is 2.27. The molecule has 6 nitrogen and oxygen atoms in total. The number of aryl methyl sites for hydroxylation is 2. The Labute approximate surface area is 198 Å². The maximum Gasteiger partial charge on any atom is 0.191 e. The molecule has 0 aliphatic rings. The number of ether oxygens (including phenoxy) is 1. The van der Waals surface area contributed by atoms with Crippen LogP contribution in [0.25, 0.3) is 11.4 Å². The van der Waals surface area contributed by atoms with E-state index in [4.69, 9.17) is 4.74 Å². The first-order chi connectivity index (χ1) is 16.0. The van der Waals surface area contributed by atoms with Crippen molar-refractivity contribution in [3.63, 3.8) is 0 Å². The summed E-state index contributed by atoms with van der Waals surface area (Å²) in [6, 6.07) is 18.2. The van der Waals surface area contributed by atoms with E-state index in [1.807, 2.05) is 50.2 Å². The second kappa shape index (κ2) is 10.6. The predicted molar refractivity (Wildman–Crippen MR) is 132 cm³/mol. The number of pyridine rings is 1. The van der Waals surface area contributed by atoms with Crippen LogP contribution in [-0.4, -0.2) is 43.3 Å². The van der Waals surface area contributed by atoms with Crippen molar-refractivity contribution < 1.29 is 9.84 Å². The summed E-state index contributed by atoms with van der Waals surface area (Å²) in [7, 11) is 0. The van der Waals surface area contributed by atoms with E-state index < -0.39 is 6.10 Å². The Balaban J connectivity index is 1.47. The van der Waals surface area contributed by atoms with E-state index in [0.717, 1.165) is 39.0 Å². The van der Waals surface area contributed by atoms with Crippen LogP contribution in [-0.2, 0) is 6.54 Å². The molecule has 1 unspecified atom stereocenters. The van der Waals surface area contributed by atoms with Crippen molar-refractivity contribution in [2.45, 2.75) is 38.6 Å². The molecule has 0 bridgehead atoms. The molecule has 2 heterocycles. The molecule has 170 valence electrons. The fraction of sp³-hybridized carbons (Fsp3) is 0.269. The number of aromatic nitrogens is 4. The van der Waals surface area contributed by atoms with E-state index >= 15 is 0 Å². The monoisotopic (exact) mass is 460 g/mol. The Bertz CT molecular complexity index is 1200. The summed E-state index contributed by atoms with van der Waals surface area (Å²) in [5, 5.41) is 20.2. The highest BCUT2D eigenvalue weighted by atomic mass is 32.2. The summed E-state index contributed by atoms with van der Waals surface area (Å²) in [4.78, 5) is 4.22. The van der Waals surface area contributed by atoms with E-state index in [1.165, 1.54) is 17.3 Å². The Kier molecular flexibility index (Phi) is 7.42. The Morgan fingerprint density at radius 2 is 1.76 bits per heavy atom.